The molecule has 7 atom stereocenters. The van der Waals surface area contributed by atoms with E-state index in [2.05, 4.69) is 25.6 Å². The summed E-state index contributed by atoms with van der Waals surface area (Å²) in [6, 6.07) is 0. The van der Waals surface area contributed by atoms with E-state index < -0.39 is 6.17 Å². The molecule has 4 rings (SSSR count). The maximum atomic E-state index is 15.6. The van der Waals surface area contributed by atoms with Crippen molar-refractivity contribution < 1.29 is 9.23 Å². The summed E-state index contributed by atoms with van der Waals surface area (Å²) in [5.74, 6) is 1.10. The Morgan fingerprint density at radius 1 is 1.28 bits per heavy atom. The summed E-state index contributed by atoms with van der Waals surface area (Å²) in [4.78, 5) is 5.18. The minimum absolute atomic E-state index is 0.0522. The molecule has 138 valence electrons. The van der Waals surface area contributed by atoms with E-state index >= 15 is 4.39 Å². The van der Waals surface area contributed by atoms with Crippen LogP contribution < -0.4 is 0 Å². The van der Waals surface area contributed by atoms with Crippen LogP contribution in [0.2, 0.25) is 0 Å². The molecule has 0 spiro atoms. The summed E-state index contributed by atoms with van der Waals surface area (Å²) >= 11 is 0. The average Bonchev–Trinajstić information content (AvgIpc) is 2.84. The van der Waals surface area contributed by atoms with Gasteiger partial charge in [0.1, 0.15) is 13.3 Å². The van der Waals surface area contributed by atoms with E-state index in [-0.39, 0.29) is 22.7 Å². The molecule has 0 bridgehead atoms. The molecule has 25 heavy (non-hydrogen) atoms. The third-order valence-corrected chi connectivity index (χ3v) is 8.40. The van der Waals surface area contributed by atoms with E-state index in [9.17, 15) is 0 Å². The second-order valence-electron chi connectivity index (χ2n) is 9.41. The molecule has 3 nitrogen and oxygen atoms in total. The van der Waals surface area contributed by atoms with Crippen molar-refractivity contribution in [1.29, 1.82) is 5.41 Å². The molecule has 1 N–H and O–H groups in total. The van der Waals surface area contributed by atoms with Gasteiger partial charge in [-0.05, 0) is 73.5 Å². The van der Waals surface area contributed by atoms with Crippen LogP contribution in [-0.4, -0.2) is 24.7 Å². The monoisotopic (exact) mass is 346 g/mol. The summed E-state index contributed by atoms with van der Waals surface area (Å²) in [6.07, 6.45) is 5.31. The van der Waals surface area contributed by atoms with Gasteiger partial charge < -0.3 is 10.2 Å². The average molecular weight is 346 g/mol. The van der Waals surface area contributed by atoms with E-state index in [4.69, 9.17) is 10.2 Å². The molecule has 0 amide bonds. The predicted octanol–water partition coefficient (Wildman–Crippen LogP) is 5.17. The second kappa shape index (κ2) is 5.65. The molecule has 4 aliphatic carbocycles. The summed E-state index contributed by atoms with van der Waals surface area (Å²) < 4.78 is 15.6. The fourth-order valence-electron chi connectivity index (χ4n) is 7.08. The molecular formula is C21H31FN2O. The van der Waals surface area contributed by atoms with Crippen molar-refractivity contribution in [3.05, 3.63) is 12.2 Å². The van der Waals surface area contributed by atoms with Crippen LogP contribution in [0.25, 0.3) is 0 Å². The number of alkyl halides is 1. The van der Waals surface area contributed by atoms with Gasteiger partial charge in [-0.3, -0.25) is 0 Å². The van der Waals surface area contributed by atoms with Gasteiger partial charge in [0.05, 0.1) is 5.71 Å². The predicted molar refractivity (Wildman–Crippen MR) is 98.7 cm³/mol. The van der Waals surface area contributed by atoms with Gasteiger partial charge in [0.25, 0.3) is 0 Å². The minimum Gasteiger partial charge on any atom is -0.399 e. The van der Waals surface area contributed by atoms with Crippen LogP contribution in [0.5, 0.6) is 0 Å². The van der Waals surface area contributed by atoms with E-state index in [0.29, 0.717) is 18.3 Å². The number of hydrogen-bond donors (Lipinski definition) is 1. The van der Waals surface area contributed by atoms with Crippen molar-refractivity contribution >= 4 is 11.4 Å². The van der Waals surface area contributed by atoms with Gasteiger partial charge in [-0.25, -0.2) is 4.39 Å². The number of fused-ring (bicyclic) bond motifs is 5. The molecule has 0 aromatic rings. The Bertz CT molecular complexity index is 644. The number of halogens is 1. The Morgan fingerprint density at radius 2 is 2.04 bits per heavy atom. The minimum atomic E-state index is -0.773. The van der Waals surface area contributed by atoms with Crippen molar-refractivity contribution in [2.45, 2.75) is 65.0 Å². The summed E-state index contributed by atoms with van der Waals surface area (Å²) in [5.41, 5.74) is 2.96. The first-order chi connectivity index (χ1) is 11.8. The van der Waals surface area contributed by atoms with Crippen molar-refractivity contribution in [2.24, 2.45) is 39.7 Å². The first-order valence-electron chi connectivity index (χ1n) is 9.80. The fraction of sp³-hybridized carbons (Fsp3) is 0.810. The van der Waals surface area contributed by atoms with Crippen LogP contribution in [0.4, 0.5) is 4.39 Å². The Morgan fingerprint density at radius 3 is 2.76 bits per heavy atom. The maximum absolute atomic E-state index is 15.6. The van der Waals surface area contributed by atoms with Crippen molar-refractivity contribution in [1.82, 2.24) is 0 Å². The van der Waals surface area contributed by atoms with E-state index in [1.807, 2.05) is 0 Å². The number of nitrogens with one attached hydrogen (secondary N) is 1. The smallest absolute Gasteiger partial charge is 0.106 e. The molecular weight excluding hydrogens is 315 g/mol. The lowest BCUT2D eigenvalue weighted by atomic mass is 9.44. The van der Waals surface area contributed by atoms with Gasteiger partial charge in [0.2, 0.25) is 0 Å². The molecule has 4 heteroatoms. The number of nitrogens with zero attached hydrogens (tertiary/aromatic N) is 1. The molecule has 4 fully saturated rings. The van der Waals surface area contributed by atoms with Crippen molar-refractivity contribution in [2.75, 3.05) is 7.11 Å². The molecule has 5 unspecified atom stereocenters. The molecule has 0 aromatic heterocycles. The quantitative estimate of drug-likeness (QED) is 0.517. The Hall–Kier alpha value is -1.19. The third kappa shape index (κ3) is 2.28. The van der Waals surface area contributed by atoms with Gasteiger partial charge in [0.15, 0.2) is 0 Å². The van der Waals surface area contributed by atoms with E-state index in [1.165, 1.54) is 5.57 Å². The molecule has 0 aromatic carbocycles. The highest BCUT2D eigenvalue weighted by Crippen LogP contribution is 2.66. The Labute approximate surface area is 150 Å². The summed E-state index contributed by atoms with van der Waals surface area (Å²) in [6.45, 7) is 8.81. The molecule has 0 heterocycles. The zero-order chi connectivity index (χ0) is 18.0. The number of rotatable bonds is 1. The normalized spacial score (nSPS) is 51.0. The zero-order valence-electron chi connectivity index (χ0n) is 15.8. The van der Waals surface area contributed by atoms with Crippen LogP contribution in [0, 0.1) is 39.9 Å². The van der Waals surface area contributed by atoms with Crippen LogP contribution in [0.1, 0.15) is 58.8 Å². The molecule has 0 radical (unpaired) electrons. The lowest BCUT2D eigenvalue weighted by Gasteiger charge is -2.60. The van der Waals surface area contributed by atoms with Gasteiger partial charge >= 0.3 is 0 Å². The molecule has 0 aliphatic heterocycles. The Balaban J connectivity index is 1.78. The number of hydrogen-bond acceptors (Lipinski definition) is 3. The lowest BCUT2D eigenvalue weighted by Crippen LogP contribution is -2.59. The van der Waals surface area contributed by atoms with Gasteiger partial charge in [-0.2, -0.15) is 0 Å². The fourth-order valence-corrected chi connectivity index (χ4v) is 7.08. The van der Waals surface area contributed by atoms with Gasteiger partial charge in [0, 0.05) is 11.6 Å². The maximum Gasteiger partial charge on any atom is 0.106 e. The third-order valence-electron chi connectivity index (χ3n) is 8.40. The van der Waals surface area contributed by atoms with Crippen LogP contribution >= 0.6 is 0 Å². The first-order valence-corrected chi connectivity index (χ1v) is 9.80. The second-order valence-corrected chi connectivity index (χ2v) is 9.41. The molecule has 0 saturated heterocycles. The number of allylic oxidation sites excluding steroid dienone is 1. The standard InChI is InChI=1S/C21H31FN2O/c1-12-5-6-15-14-10-18(24-25-4)16-9-13(23)7-8-20(16,2)19(14)17(22)11-21(12,15)3/h14-17,19,23H,1,5-11H2,2-4H3/b23-13?,24-18+/t14?,15?,16?,17?,19?,20-,21+/m0/s1. The highest BCUT2D eigenvalue weighted by molar-refractivity contribution is 5.94. The lowest BCUT2D eigenvalue weighted by molar-refractivity contribution is -0.0955. The summed E-state index contributed by atoms with van der Waals surface area (Å²) in [5, 5.41) is 12.6. The largest absolute Gasteiger partial charge is 0.399 e. The van der Waals surface area contributed by atoms with Gasteiger partial charge in [-0.1, -0.05) is 31.2 Å². The van der Waals surface area contributed by atoms with Crippen molar-refractivity contribution in [3.63, 3.8) is 0 Å². The summed E-state index contributed by atoms with van der Waals surface area (Å²) in [7, 11) is 1.60. The SMILES string of the molecule is C=C1CCC2C3C/C(=N\OC)C4CC(=N)CC[C@]4(C)C3C(F)C[C@]12C. The highest BCUT2D eigenvalue weighted by atomic mass is 19.1. The van der Waals surface area contributed by atoms with Crippen LogP contribution in [0.3, 0.4) is 0 Å². The van der Waals surface area contributed by atoms with Crippen molar-refractivity contribution in [3.8, 4) is 0 Å². The van der Waals surface area contributed by atoms with E-state index in [0.717, 1.165) is 49.9 Å². The zero-order valence-corrected chi connectivity index (χ0v) is 15.8. The van der Waals surface area contributed by atoms with E-state index in [1.54, 1.807) is 7.11 Å². The van der Waals surface area contributed by atoms with Crippen LogP contribution in [0.15, 0.2) is 17.3 Å². The van der Waals surface area contributed by atoms with Gasteiger partial charge in [-0.15, -0.1) is 0 Å². The molecule has 4 aliphatic rings. The number of oxime groups is 1. The molecule has 4 saturated carbocycles. The topological polar surface area (TPSA) is 45.4 Å². The highest BCUT2D eigenvalue weighted by Gasteiger charge is 2.63. The van der Waals surface area contributed by atoms with Crippen LogP contribution in [-0.2, 0) is 4.84 Å². The Kier molecular flexibility index (Phi) is 3.90. The first kappa shape index (κ1) is 17.2.